The molecule has 18 heavy (non-hydrogen) atoms. The number of benzene rings is 1. The van der Waals surface area contributed by atoms with Crippen molar-refractivity contribution in [1.29, 1.82) is 0 Å². The van der Waals surface area contributed by atoms with Crippen LogP contribution in [0.5, 0.6) is 5.75 Å². The highest BCUT2D eigenvalue weighted by atomic mass is 16.5. The summed E-state index contributed by atoms with van der Waals surface area (Å²) in [4.78, 5) is 0. The summed E-state index contributed by atoms with van der Waals surface area (Å²) in [6.07, 6.45) is 6.70. The second-order valence-electron chi connectivity index (χ2n) is 5.64. The lowest BCUT2D eigenvalue weighted by molar-refractivity contribution is 0.411. The third-order valence-corrected chi connectivity index (χ3v) is 4.02. The molecule has 0 aromatic heterocycles. The molecule has 2 heteroatoms. The van der Waals surface area contributed by atoms with Gasteiger partial charge in [-0.1, -0.05) is 19.8 Å². The molecule has 0 saturated heterocycles. The van der Waals surface area contributed by atoms with Crippen LogP contribution in [0.2, 0.25) is 0 Å². The largest absolute Gasteiger partial charge is 0.496 e. The molecule has 100 valence electrons. The van der Waals surface area contributed by atoms with Gasteiger partial charge in [0.05, 0.1) is 7.11 Å². The number of aryl methyl sites for hydroxylation is 1. The molecular weight excluding hydrogens is 222 g/mol. The zero-order valence-corrected chi connectivity index (χ0v) is 11.8. The Morgan fingerprint density at radius 3 is 2.72 bits per heavy atom. The summed E-state index contributed by atoms with van der Waals surface area (Å²) in [7, 11) is 1.72. The fourth-order valence-corrected chi connectivity index (χ4v) is 2.84. The molecule has 0 bridgehead atoms. The summed E-state index contributed by atoms with van der Waals surface area (Å²) in [5.74, 6) is 1.87. The van der Waals surface area contributed by atoms with Gasteiger partial charge in [0.1, 0.15) is 5.75 Å². The van der Waals surface area contributed by atoms with Crippen molar-refractivity contribution in [2.45, 2.75) is 52.0 Å². The van der Waals surface area contributed by atoms with Gasteiger partial charge in [-0.2, -0.15) is 0 Å². The highest BCUT2D eigenvalue weighted by Gasteiger charge is 2.16. The fourth-order valence-electron chi connectivity index (χ4n) is 2.84. The van der Waals surface area contributed by atoms with Gasteiger partial charge in [0.25, 0.3) is 0 Å². The quantitative estimate of drug-likeness (QED) is 0.800. The number of anilines is 1. The van der Waals surface area contributed by atoms with E-state index in [1.807, 2.05) is 0 Å². The minimum absolute atomic E-state index is 0.641. The highest BCUT2D eigenvalue weighted by molar-refractivity contribution is 5.51. The summed E-state index contributed by atoms with van der Waals surface area (Å²) in [6.45, 7) is 4.47. The van der Waals surface area contributed by atoms with Crippen molar-refractivity contribution in [3.63, 3.8) is 0 Å². The molecule has 0 aliphatic heterocycles. The monoisotopic (exact) mass is 247 g/mol. The van der Waals surface area contributed by atoms with E-state index in [0.717, 1.165) is 11.7 Å². The normalized spacial score (nSPS) is 24.4. The SMILES string of the molecule is COc1ccc(NC2CCCC(C)CC2)cc1C. The maximum Gasteiger partial charge on any atom is 0.121 e. The van der Waals surface area contributed by atoms with Crippen LogP contribution in [0.15, 0.2) is 18.2 Å². The molecule has 2 rings (SSSR count). The van der Waals surface area contributed by atoms with Crippen molar-refractivity contribution >= 4 is 5.69 Å². The number of methoxy groups -OCH3 is 1. The van der Waals surface area contributed by atoms with E-state index in [0.29, 0.717) is 6.04 Å². The first-order valence-electron chi connectivity index (χ1n) is 7.10. The Bertz CT molecular complexity index is 389. The molecule has 0 radical (unpaired) electrons. The molecule has 1 saturated carbocycles. The Morgan fingerprint density at radius 2 is 2.00 bits per heavy atom. The Labute approximate surface area is 111 Å². The molecule has 1 aromatic carbocycles. The van der Waals surface area contributed by atoms with Crippen molar-refractivity contribution in [3.05, 3.63) is 23.8 Å². The van der Waals surface area contributed by atoms with Crippen LogP contribution in [0.4, 0.5) is 5.69 Å². The standard InChI is InChI=1S/C16H25NO/c1-12-5-4-6-14(8-7-12)17-15-9-10-16(18-3)13(2)11-15/h9-12,14,17H,4-8H2,1-3H3. The smallest absolute Gasteiger partial charge is 0.121 e. The lowest BCUT2D eigenvalue weighted by Crippen LogP contribution is -2.18. The second kappa shape index (κ2) is 6.12. The van der Waals surface area contributed by atoms with Crippen molar-refractivity contribution < 1.29 is 4.74 Å². The fraction of sp³-hybridized carbons (Fsp3) is 0.625. The van der Waals surface area contributed by atoms with Crippen LogP contribution in [0.3, 0.4) is 0 Å². The zero-order chi connectivity index (χ0) is 13.0. The van der Waals surface area contributed by atoms with Gasteiger partial charge in [-0.3, -0.25) is 0 Å². The minimum atomic E-state index is 0.641. The molecule has 1 N–H and O–H groups in total. The Morgan fingerprint density at radius 1 is 1.17 bits per heavy atom. The molecule has 1 aliphatic carbocycles. The lowest BCUT2D eigenvalue weighted by atomic mass is 10.0. The molecule has 2 unspecified atom stereocenters. The second-order valence-corrected chi connectivity index (χ2v) is 5.64. The third kappa shape index (κ3) is 3.41. The van der Waals surface area contributed by atoms with Gasteiger partial charge in [-0.15, -0.1) is 0 Å². The molecule has 0 spiro atoms. The molecule has 0 heterocycles. The molecule has 0 amide bonds. The van der Waals surface area contributed by atoms with Crippen molar-refractivity contribution in [1.82, 2.24) is 0 Å². The van der Waals surface area contributed by atoms with Crippen LogP contribution >= 0.6 is 0 Å². The van der Waals surface area contributed by atoms with E-state index in [2.05, 4.69) is 37.4 Å². The van der Waals surface area contributed by atoms with Gasteiger partial charge in [0, 0.05) is 11.7 Å². The first-order valence-corrected chi connectivity index (χ1v) is 7.10. The minimum Gasteiger partial charge on any atom is -0.496 e. The Hall–Kier alpha value is -1.18. The molecular formula is C16H25NO. The average molecular weight is 247 g/mol. The van der Waals surface area contributed by atoms with Crippen LogP contribution in [0.1, 0.15) is 44.6 Å². The van der Waals surface area contributed by atoms with E-state index >= 15 is 0 Å². The van der Waals surface area contributed by atoms with E-state index in [1.54, 1.807) is 7.11 Å². The third-order valence-electron chi connectivity index (χ3n) is 4.02. The first-order chi connectivity index (χ1) is 8.69. The molecule has 2 nitrogen and oxygen atoms in total. The van der Waals surface area contributed by atoms with E-state index in [-0.39, 0.29) is 0 Å². The van der Waals surface area contributed by atoms with Crippen LogP contribution in [0, 0.1) is 12.8 Å². The van der Waals surface area contributed by atoms with E-state index in [4.69, 9.17) is 4.74 Å². The Kier molecular flexibility index (Phi) is 4.51. The zero-order valence-electron chi connectivity index (χ0n) is 11.8. The first kappa shape index (κ1) is 13.3. The van der Waals surface area contributed by atoms with Crippen molar-refractivity contribution in [2.75, 3.05) is 12.4 Å². The van der Waals surface area contributed by atoms with Gasteiger partial charge in [0.2, 0.25) is 0 Å². The summed E-state index contributed by atoms with van der Waals surface area (Å²) in [5, 5.41) is 3.68. The number of ether oxygens (including phenoxy) is 1. The number of hydrogen-bond donors (Lipinski definition) is 1. The summed E-state index contributed by atoms with van der Waals surface area (Å²) >= 11 is 0. The van der Waals surface area contributed by atoms with Gasteiger partial charge in [0.15, 0.2) is 0 Å². The summed E-state index contributed by atoms with van der Waals surface area (Å²) in [6, 6.07) is 7.01. The molecule has 1 fully saturated rings. The predicted molar refractivity (Wildman–Crippen MR) is 77.4 cm³/mol. The van der Waals surface area contributed by atoms with Gasteiger partial charge in [-0.05, 0) is 55.9 Å². The van der Waals surface area contributed by atoms with Crippen LogP contribution in [0.25, 0.3) is 0 Å². The van der Waals surface area contributed by atoms with E-state index in [1.165, 1.54) is 43.4 Å². The maximum atomic E-state index is 5.30. The highest BCUT2D eigenvalue weighted by Crippen LogP contribution is 2.27. The number of hydrogen-bond acceptors (Lipinski definition) is 2. The number of nitrogens with one attached hydrogen (secondary N) is 1. The average Bonchev–Trinajstić information content (AvgIpc) is 2.55. The predicted octanol–water partition coefficient (Wildman–Crippen LogP) is 4.38. The van der Waals surface area contributed by atoms with Crippen molar-refractivity contribution in [2.24, 2.45) is 5.92 Å². The topological polar surface area (TPSA) is 21.3 Å². The molecule has 2 atom stereocenters. The lowest BCUT2D eigenvalue weighted by Gasteiger charge is -2.18. The summed E-state index contributed by atoms with van der Waals surface area (Å²) < 4.78 is 5.30. The Balaban J connectivity index is 1.98. The van der Waals surface area contributed by atoms with Gasteiger partial charge < -0.3 is 10.1 Å². The van der Waals surface area contributed by atoms with Crippen LogP contribution in [-0.2, 0) is 0 Å². The molecule has 1 aromatic rings. The van der Waals surface area contributed by atoms with E-state index in [9.17, 15) is 0 Å². The van der Waals surface area contributed by atoms with Gasteiger partial charge in [-0.25, -0.2) is 0 Å². The summed E-state index contributed by atoms with van der Waals surface area (Å²) in [5.41, 5.74) is 2.43. The van der Waals surface area contributed by atoms with Gasteiger partial charge >= 0.3 is 0 Å². The van der Waals surface area contributed by atoms with Crippen LogP contribution < -0.4 is 10.1 Å². The molecule has 1 aliphatic rings. The van der Waals surface area contributed by atoms with E-state index < -0.39 is 0 Å². The number of rotatable bonds is 3. The maximum absolute atomic E-state index is 5.30. The van der Waals surface area contributed by atoms with Crippen LogP contribution in [-0.4, -0.2) is 13.2 Å². The van der Waals surface area contributed by atoms with Crippen molar-refractivity contribution in [3.8, 4) is 5.75 Å².